The summed E-state index contributed by atoms with van der Waals surface area (Å²) in [5, 5.41) is 12.9. The summed E-state index contributed by atoms with van der Waals surface area (Å²) in [7, 11) is 0. The van der Waals surface area contributed by atoms with E-state index in [0.29, 0.717) is 5.69 Å². The van der Waals surface area contributed by atoms with E-state index in [1.165, 1.54) is 18.2 Å². The standard InChI is InChI=1S/C17H18FNO2/c1-17(2,3)13-8-5-9-14(15(13)20)19-16(21)11-6-4-7-12(18)10-11/h4-10,20H,1-3H3,(H,19,21). The molecule has 0 aliphatic carbocycles. The lowest BCUT2D eigenvalue weighted by molar-refractivity contribution is 0.102. The largest absolute Gasteiger partial charge is 0.505 e. The van der Waals surface area contributed by atoms with Crippen molar-refractivity contribution in [1.29, 1.82) is 0 Å². The molecule has 0 aliphatic rings. The topological polar surface area (TPSA) is 49.3 Å². The summed E-state index contributed by atoms with van der Waals surface area (Å²) in [6.45, 7) is 5.92. The van der Waals surface area contributed by atoms with Crippen molar-refractivity contribution in [2.75, 3.05) is 5.32 Å². The lowest BCUT2D eigenvalue weighted by Crippen LogP contribution is -2.15. The Morgan fingerprint density at radius 2 is 1.81 bits per heavy atom. The number of benzene rings is 2. The van der Waals surface area contributed by atoms with E-state index in [4.69, 9.17) is 0 Å². The van der Waals surface area contributed by atoms with E-state index in [1.807, 2.05) is 26.8 Å². The van der Waals surface area contributed by atoms with Crippen LogP contribution in [0.1, 0.15) is 36.7 Å². The first-order valence-corrected chi connectivity index (χ1v) is 6.68. The fourth-order valence-corrected chi connectivity index (χ4v) is 2.07. The molecule has 3 nitrogen and oxygen atoms in total. The van der Waals surface area contributed by atoms with Crippen LogP contribution in [0.25, 0.3) is 0 Å². The number of hydrogen-bond acceptors (Lipinski definition) is 2. The molecule has 1 amide bonds. The lowest BCUT2D eigenvalue weighted by atomic mass is 9.86. The van der Waals surface area contributed by atoms with Gasteiger partial charge in [-0.25, -0.2) is 4.39 Å². The summed E-state index contributed by atoms with van der Waals surface area (Å²) >= 11 is 0. The molecular weight excluding hydrogens is 269 g/mol. The number of hydrogen-bond donors (Lipinski definition) is 2. The minimum absolute atomic E-state index is 0.0368. The Bertz CT molecular complexity index is 675. The number of halogens is 1. The van der Waals surface area contributed by atoms with Gasteiger partial charge in [-0.2, -0.15) is 0 Å². The predicted octanol–water partition coefficient (Wildman–Crippen LogP) is 4.08. The summed E-state index contributed by atoms with van der Waals surface area (Å²) in [5.41, 5.74) is 1.01. The monoisotopic (exact) mass is 287 g/mol. The van der Waals surface area contributed by atoms with E-state index in [1.54, 1.807) is 12.1 Å². The normalized spacial score (nSPS) is 11.2. The molecule has 0 aliphatic heterocycles. The van der Waals surface area contributed by atoms with Gasteiger partial charge in [0.25, 0.3) is 5.91 Å². The van der Waals surface area contributed by atoms with Gasteiger partial charge < -0.3 is 10.4 Å². The fraction of sp³-hybridized carbons (Fsp3) is 0.235. The van der Waals surface area contributed by atoms with Crippen LogP contribution in [-0.2, 0) is 5.41 Å². The van der Waals surface area contributed by atoms with Crippen LogP contribution in [-0.4, -0.2) is 11.0 Å². The number of nitrogens with one attached hydrogen (secondary N) is 1. The molecule has 110 valence electrons. The summed E-state index contributed by atoms with van der Waals surface area (Å²) < 4.78 is 13.1. The molecule has 0 saturated carbocycles. The Morgan fingerprint density at radius 1 is 1.14 bits per heavy atom. The Kier molecular flexibility index (Phi) is 3.98. The zero-order valence-electron chi connectivity index (χ0n) is 12.3. The maximum atomic E-state index is 13.1. The van der Waals surface area contributed by atoms with Crippen molar-refractivity contribution in [2.24, 2.45) is 0 Å². The first-order valence-electron chi connectivity index (χ1n) is 6.68. The molecule has 2 rings (SSSR count). The average Bonchev–Trinajstić information content (AvgIpc) is 2.39. The van der Waals surface area contributed by atoms with Crippen LogP contribution in [0.4, 0.5) is 10.1 Å². The second-order valence-corrected chi connectivity index (χ2v) is 5.92. The minimum atomic E-state index is -0.477. The Morgan fingerprint density at radius 3 is 2.43 bits per heavy atom. The molecule has 21 heavy (non-hydrogen) atoms. The van der Waals surface area contributed by atoms with E-state index in [-0.39, 0.29) is 16.7 Å². The third kappa shape index (κ3) is 3.40. The van der Waals surface area contributed by atoms with Crippen LogP contribution >= 0.6 is 0 Å². The Labute approximate surface area is 123 Å². The van der Waals surface area contributed by atoms with E-state index < -0.39 is 11.7 Å². The van der Waals surface area contributed by atoms with Crippen molar-refractivity contribution < 1.29 is 14.3 Å². The molecule has 2 aromatic carbocycles. The van der Waals surface area contributed by atoms with E-state index in [2.05, 4.69) is 5.32 Å². The Balaban J connectivity index is 2.30. The van der Waals surface area contributed by atoms with Gasteiger partial charge in [-0.05, 0) is 29.7 Å². The van der Waals surface area contributed by atoms with Crippen LogP contribution in [0.5, 0.6) is 5.75 Å². The second-order valence-electron chi connectivity index (χ2n) is 5.92. The third-order valence-electron chi connectivity index (χ3n) is 3.18. The molecule has 0 spiro atoms. The summed E-state index contributed by atoms with van der Waals surface area (Å²) in [4.78, 5) is 12.1. The minimum Gasteiger partial charge on any atom is -0.505 e. The first-order chi connectivity index (χ1) is 9.79. The molecule has 4 heteroatoms. The maximum Gasteiger partial charge on any atom is 0.255 e. The number of carbonyl (C=O) groups excluding carboxylic acids is 1. The van der Waals surface area contributed by atoms with Crippen molar-refractivity contribution in [2.45, 2.75) is 26.2 Å². The molecule has 0 aromatic heterocycles. The molecule has 0 saturated heterocycles. The van der Waals surface area contributed by atoms with Gasteiger partial charge in [0.2, 0.25) is 0 Å². The van der Waals surface area contributed by atoms with E-state index in [0.717, 1.165) is 11.6 Å². The van der Waals surface area contributed by atoms with Crippen LogP contribution in [0.2, 0.25) is 0 Å². The van der Waals surface area contributed by atoms with Crippen LogP contribution in [0.15, 0.2) is 42.5 Å². The molecule has 0 atom stereocenters. The molecule has 2 aromatic rings. The molecule has 0 fully saturated rings. The number of phenols is 1. The number of phenolic OH excluding ortho intramolecular Hbond substituents is 1. The highest BCUT2D eigenvalue weighted by molar-refractivity contribution is 6.05. The van der Waals surface area contributed by atoms with Gasteiger partial charge in [-0.3, -0.25) is 4.79 Å². The summed E-state index contributed by atoms with van der Waals surface area (Å²) in [6, 6.07) is 10.6. The van der Waals surface area contributed by atoms with Crippen LogP contribution in [0, 0.1) is 5.82 Å². The van der Waals surface area contributed by atoms with Gasteiger partial charge in [0.05, 0.1) is 5.69 Å². The van der Waals surface area contributed by atoms with E-state index in [9.17, 15) is 14.3 Å². The van der Waals surface area contributed by atoms with Crippen molar-refractivity contribution in [3.8, 4) is 5.75 Å². The van der Waals surface area contributed by atoms with Crippen LogP contribution < -0.4 is 5.32 Å². The van der Waals surface area contributed by atoms with Crippen molar-refractivity contribution in [1.82, 2.24) is 0 Å². The Hall–Kier alpha value is -2.36. The van der Waals surface area contributed by atoms with Crippen molar-refractivity contribution in [3.63, 3.8) is 0 Å². The summed E-state index contributed by atoms with van der Waals surface area (Å²) in [5.74, 6) is -0.902. The highest BCUT2D eigenvalue weighted by Crippen LogP contribution is 2.36. The van der Waals surface area contributed by atoms with Gasteiger partial charge in [-0.15, -0.1) is 0 Å². The molecular formula is C17H18FNO2. The SMILES string of the molecule is CC(C)(C)c1cccc(NC(=O)c2cccc(F)c2)c1O. The van der Waals surface area contributed by atoms with Gasteiger partial charge in [-0.1, -0.05) is 39.0 Å². The zero-order valence-corrected chi connectivity index (χ0v) is 12.3. The van der Waals surface area contributed by atoms with Crippen molar-refractivity contribution >= 4 is 11.6 Å². The number of para-hydroxylation sites is 1. The molecule has 0 unspecified atom stereocenters. The third-order valence-corrected chi connectivity index (χ3v) is 3.18. The number of anilines is 1. The second kappa shape index (κ2) is 5.56. The highest BCUT2D eigenvalue weighted by atomic mass is 19.1. The van der Waals surface area contributed by atoms with E-state index >= 15 is 0 Å². The zero-order chi connectivity index (χ0) is 15.6. The first kappa shape index (κ1) is 15.0. The fourth-order valence-electron chi connectivity index (χ4n) is 2.07. The highest BCUT2D eigenvalue weighted by Gasteiger charge is 2.20. The van der Waals surface area contributed by atoms with Gasteiger partial charge in [0.15, 0.2) is 0 Å². The van der Waals surface area contributed by atoms with Gasteiger partial charge in [0.1, 0.15) is 11.6 Å². The number of carbonyl (C=O) groups is 1. The maximum absolute atomic E-state index is 13.1. The van der Waals surface area contributed by atoms with Crippen molar-refractivity contribution in [3.05, 3.63) is 59.4 Å². The average molecular weight is 287 g/mol. The summed E-state index contributed by atoms with van der Waals surface area (Å²) in [6.07, 6.45) is 0. The number of aromatic hydroxyl groups is 1. The van der Waals surface area contributed by atoms with Gasteiger partial charge >= 0.3 is 0 Å². The van der Waals surface area contributed by atoms with Crippen LogP contribution in [0.3, 0.4) is 0 Å². The predicted molar refractivity (Wildman–Crippen MR) is 81.2 cm³/mol. The van der Waals surface area contributed by atoms with Gasteiger partial charge in [0, 0.05) is 11.1 Å². The smallest absolute Gasteiger partial charge is 0.255 e. The lowest BCUT2D eigenvalue weighted by Gasteiger charge is -2.22. The molecule has 0 bridgehead atoms. The quantitative estimate of drug-likeness (QED) is 0.818. The molecule has 0 heterocycles. The molecule has 0 radical (unpaired) electrons. The number of amides is 1. The number of rotatable bonds is 2. The molecule has 2 N–H and O–H groups in total.